The van der Waals surface area contributed by atoms with E-state index < -0.39 is 0 Å². The standard InChI is InChI=1S/C12H16N4/c13-10-3-6-16-11(8-14-12(16)7-10)9-15-4-1-2-5-15/h3,6-8H,1-2,4-5,9,13H2. The Balaban J connectivity index is 1.91. The highest BCUT2D eigenvalue weighted by Gasteiger charge is 2.13. The summed E-state index contributed by atoms with van der Waals surface area (Å²) in [6.45, 7) is 3.41. The number of nitrogen functional groups attached to an aromatic ring is 1. The molecule has 1 aliphatic rings. The molecule has 3 rings (SSSR count). The van der Waals surface area contributed by atoms with Crippen molar-refractivity contribution in [1.82, 2.24) is 14.3 Å². The number of rotatable bonds is 2. The van der Waals surface area contributed by atoms with Gasteiger partial charge < -0.3 is 10.1 Å². The molecule has 1 fully saturated rings. The fraction of sp³-hybridized carbons (Fsp3) is 0.417. The van der Waals surface area contributed by atoms with Gasteiger partial charge in [-0.3, -0.25) is 4.90 Å². The summed E-state index contributed by atoms with van der Waals surface area (Å²) in [7, 11) is 0. The summed E-state index contributed by atoms with van der Waals surface area (Å²) in [6.07, 6.45) is 6.60. The van der Waals surface area contributed by atoms with Gasteiger partial charge in [0.15, 0.2) is 0 Å². The molecule has 0 bridgehead atoms. The molecule has 2 aromatic heterocycles. The average Bonchev–Trinajstić information content (AvgIpc) is 2.89. The quantitative estimate of drug-likeness (QED) is 0.827. The molecule has 0 radical (unpaired) electrons. The van der Waals surface area contributed by atoms with E-state index >= 15 is 0 Å². The normalized spacial score (nSPS) is 17.2. The minimum atomic E-state index is 0.769. The van der Waals surface area contributed by atoms with E-state index in [1.807, 2.05) is 24.5 Å². The van der Waals surface area contributed by atoms with E-state index in [4.69, 9.17) is 5.73 Å². The lowest BCUT2D eigenvalue weighted by molar-refractivity contribution is 0.326. The molecule has 0 aliphatic carbocycles. The predicted octanol–water partition coefficient (Wildman–Crippen LogP) is 1.51. The van der Waals surface area contributed by atoms with Crippen LogP contribution in [0.1, 0.15) is 18.5 Å². The molecule has 84 valence electrons. The summed E-state index contributed by atoms with van der Waals surface area (Å²) < 4.78 is 2.12. The van der Waals surface area contributed by atoms with Crippen LogP contribution in [-0.2, 0) is 6.54 Å². The Kier molecular flexibility index (Phi) is 2.29. The first kappa shape index (κ1) is 9.66. The van der Waals surface area contributed by atoms with Crippen molar-refractivity contribution in [2.24, 2.45) is 0 Å². The van der Waals surface area contributed by atoms with Crippen molar-refractivity contribution in [2.75, 3.05) is 18.8 Å². The Labute approximate surface area is 94.7 Å². The zero-order valence-corrected chi connectivity index (χ0v) is 9.26. The van der Waals surface area contributed by atoms with Gasteiger partial charge in [0.05, 0.1) is 11.9 Å². The predicted molar refractivity (Wildman–Crippen MR) is 64.1 cm³/mol. The SMILES string of the molecule is Nc1ccn2c(CN3CCCC3)cnc2c1. The Morgan fingerprint density at radius 2 is 2.12 bits per heavy atom. The number of fused-ring (bicyclic) bond motifs is 1. The second-order valence-electron chi connectivity index (χ2n) is 4.42. The van der Waals surface area contributed by atoms with Gasteiger partial charge in [-0.05, 0) is 32.0 Å². The number of hydrogen-bond acceptors (Lipinski definition) is 3. The second kappa shape index (κ2) is 3.79. The van der Waals surface area contributed by atoms with E-state index in [2.05, 4.69) is 14.3 Å². The summed E-state index contributed by atoms with van der Waals surface area (Å²) in [6, 6.07) is 3.83. The second-order valence-corrected chi connectivity index (χ2v) is 4.42. The van der Waals surface area contributed by atoms with Crippen molar-refractivity contribution in [1.29, 1.82) is 0 Å². The van der Waals surface area contributed by atoms with Gasteiger partial charge in [0, 0.05) is 24.5 Å². The molecule has 0 spiro atoms. The van der Waals surface area contributed by atoms with Crippen LogP contribution in [0.25, 0.3) is 5.65 Å². The smallest absolute Gasteiger partial charge is 0.138 e. The number of pyridine rings is 1. The van der Waals surface area contributed by atoms with E-state index in [1.54, 1.807) is 0 Å². The summed E-state index contributed by atoms with van der Waals surface area (Å²) in [4.78, 5) is 6.85. The molecule has 0 saturated carbocycles. The third-order valence-corrected chi connectivity index (χ3v) is 3.20. The zero-order chi connectivity index (χ0) is 11.0. The average molecular weight is 216 g/mol. The first-order chi connectivity index (χ1) is 7.83. The molecule has 1 saturated heterocycles. The molecular weight excluding hydrogens is 200 g/mol. The number of imidazole rings is 1. The van der Waals surface area contributed by atoms with Gasteiger partial charge in [0.25, 0.3) is 0 Å². The topological polar surface area (TPSA) is 46.6 Å². The summed E-state index contributed by atoms with van der Waals surface area (Å²) in [5, 5.41) is 0. The Morgan fingerprint density at radius 3 is 2.94 bits per heavy atom. The zero-order valence-electron chi connectivity index (χ0n) is 9.26. The number of anilines is 1. The van der Waals surface area contributed by atoms with Gasteiger partial charge >= 0.3 is 0 Å². The Hall–Kier alpha value is -1.55. The van der Waals surface area contributed by atoms with Crippen LogP contribution in [-0.4, -0.2) is 27.4 Å². The van der Waals surface area contributed by atoms with Crippen molar-refractivity contribution < 1.29 is 0 Å². The van der Waals surface area contributed by atoms with Gasteiger partial charge in [-0.25, -0.2) is 4.98 Å². The summed E-state index contributed by atoms with van der Waals surface area (Å²) in [5.41, 5.74) is 8.69. The highest BCUT2D eigenvalue weighted by Crippen LogP contribution is 2.15. The van der Waals surface area contributed by atoms with Gasteiger partial charge in [-0.15, -0.1) is 0 Å². The number of nitrogens with zero attached hydrogens (tertiary/aromatic N) is 3. The van der Waals surface area contributed by atoms with Crippen molar-refractivity contribution >= 4 is 11.3 Å². The molecule has 1 aliphatic heterocycles. The molecule has 2 aromatic rings. The third-order valence-electron chi connectivity index (χ3n) is 3.20. The minimum absolute atomic E-state index is 0.769. The van der Waals surface area contributed by atoms with Crippen LogP contribution >= 0.6 is 0 Å². The minimum Gasteiger partial charge on any atom is -0.399 e. The van der Waals surface area contributed by atoms with E-state index in [0.29, 0.717) is 0 Å². The van der Waals surface area contributed by atoms with Crippen LogP contribution < -0.4 is 5.73 Å². The van der Waals surface area contributed by atoms with Gasteiger partial charge in [0.2, 0.25) is 0 Å². The molecule has 0 amide bonds. The number of hydrogen-bond donors (Lipinski definition) is 1. The van der Waals surface area contributed by atoms with E-state index in [9.17, 15) is 0 Å². The highest BCUT2D eigenvalue weighted by molar-refractivity contribution is 5.52. The molecule has 4 heteroatoms. The van der Waals surface area contributed by atoms with Crippen LogP contribution in [0.3, 0.4) is 0 Å². The Bertz CT molecular complexity index is 497. The largest absolute Gasteiger partial charge is 0.399 e. The fourth-order valence-electron chi connectivity index (χ4n) is 2.34. The number of likely N-dealkylation sites (tertiary alicyclic amines) is 1. The number of aromatic nitrogens is 2. The van der Waals surface area contributed by atoms with Gasteiger partial charge in [-0.1, -0.05) is 0 Å². The van der Waals surface area contributed by atoms with Crippen molar-refractivity contribution in [3.05, 3.63) is 30.2 Å². The molecule has 3 heterocycles. The first-order valence-electron chi connectivity index (χ1n) is 5.77. The van der Waals surface area contributed by atoms with Crippen LogP contribution in [0.5, 0.6) is 0 Å². The molecule has 4 nitrogen and oxygen atoms in total. The first-order valence-corrected chi connectivity index (χ1v) is 5.77. The van der Waals surface area contributed by atoms with Crippen LogP contribution in [0.2, 0.25) is 0 Å². The molecule has 16 heavy (non-hydrogen) atoms. The lowest BCUT2D eigenvalue weighted by atomic mass is 10.4. The lowest BCUT2D eigenvalue weighted by Gasteiger charge is -2.13. The maximum absolute atomic E-state index is 5.73. The molecule has 0 aromatic carbocycles. The lowest BCUT2D eigenvalue weighted by Crippen LogP contribution is -2.19. The van der Waals surface area contributed by atoms with Crippen LogP contribution in [0, 0.1) is 0 Å². The van der Waals surface area contributed by atoms with Gasteiger partial charge in [0.1, 0.15) is 5.65 Å². The summed E-state index contributed by atoms with van der Waals surface area (Å²) in [5.74, 6) is 0. The highest BCUT2D eigenvalue weighted by atomic mass is 15.2. The van der Waals surface area contributed by atoms with Gasteiger partial charge in [-0.2, -0.15) is 0 Å². The van der Waals surface area contributed by atoms with E-state index in [1.165, 1.54) is 31.6 Å². The number of nitrogens with two attached hydrogens (primary N) is 1. The maximum Gasteiger partial charge on any atom is 0.138 e. The summed E-state index contributed by atoms with van der Waals surface area (Å²) >= 11 is 0. The van der Waals surface area contributed by atoms with Crippen LogP contribution in [0.15, 0.2) is 24.5 Å². The maximum atomic E-state index is 5.73. The molecule has 0 atom stereocenters. The molecule has 2 N–H and O–H groups in total. The van der Waals surface area contributed by atoms with Crippen molar-refractivity contribution in [2.45, 2.75) is 19.4 Å². The third kappa shape index (κ3) is 1.65. The van der Waals surface area contributed by atoms with Crippen LogP contribution in [0.4, 0.5) is 5.69 Å². The fourth-order valence-corrected chi connectivity index (χ4v) is 2.34. The van der Waals surface area contributed by atoms with Crippen molar-refractivity contribution in [3.8, 4) is 0 Å². The van der Waals surface area contributed by atoms with E-state index in [-0.39, 0.29) is 0 Å². The Morgan fingerprint density at radius 1 is 1.31 bits per heavy atom. The van der Waals surface area contributed by atoms with Crippen molar-refractivity contribution in [3.63, 3.8) is 0 Å². The monoisotopic (exact) mass is 216 g/mol. The molecule has 0 unspecified atom stereocenters. The van der Waals surface area contributed by atoms with E-state index in [0.717, 1.165) is 17.9 Å². The molecular formula is C12H16N4.